The second-order valence-corrected chi connectivity index (χ2v) is 7.92. The molecule has 3 aromatic rings. The summed E-state index contributed by atoms with van der Waals surface area (Å²) in [6.45, 7) is 0. The van der Waals surface area contributed by atoms with Gasteiger partial charge in [-0.1, -0.05) is 36.4 Å². The van der Waals surface area contributed by atoms with Crippen molar-refractivity contribution in [1.82, 2.24) is 0 Å². The minimum Gasteiger partial charge on any atom is -0.436 e. The molecule has 7 heteroatoms. The van der Waals surface area contributed by atoms with Gasteiger partial charge in [-0.2, -0.15) is 0 Å². The fourth-order valence-corrected chi connectivity index (χ4v) is 5.47. The normalized spacial score (nSPS) is 16.7. The Kier molecular flexibility index (Phi) is 4.05. The summed E-state index contributed by atoms with van der Waals surface area (Å²) in [5, 5.41) is 18.4. The van der Waals surface area contributed by atoms with E-state index in [0.29, 0.717) is 11.1 Å². The molecule has 27 heavy (non-hydrogen) atoms. The first-order chi connectivity index (χ1) is 13.2. The van der Waals surface area contributed by atoms with E-state index in [1.807, 2.05) is 24.3 Å². The molecule has 0 N–H and O–H groups in total. The van der Waals surface area contributed by atoms with Crippen molar-refractivity contribution in [2.75, 3.05) is 0 Å². The molecule has 130 valence electrons. The minimum absolute atomic E-state index is 0.0836. The third-order valence-corrected chi connectivity index (χ3v) is 6.65. The van der Waals surface area contributed by atoms with Gasteiger partial charge >= 0.3 is 7.37 Å². The van der Waals surface area contributed by atoms with Crippen LogP contribution in [0.15, 0.2) is 66.7 Å². The Morgan fingerprint density at radius 3 is 2.30 bits per heavy atom. The second-order valence-electron chi connectivity index (χ2n) is 5.67. The molecule has 4 rings (SSSR count). The molecule has 0 fully saturated rings. The molecule has 0 spiro atoms. The van der Waals surface area contributed by atoms with E-state index in [2.05, 4.69) is 0 Å². The predicted molar refractivity (Wildman–Crippen MR) is 98.3 cm³/mol. The van der Waals surface area contributed by atoms with Crippen molar-refractivity contribution in [1.29, 1.82) is 10.5 Å². The fourth-order valence-electron chi connectivity index (χ4n) is 3.07. The Bertz CT molecular complexity index is 1180. The van der Waals surface area contributed by atoms with Crippen molar-refractivity contribution in [2.45, 2.75) is 0 Å². The van der Waals surface area contributed by atoms with E-state index in [1.165, 1.54) is 18.2 Å². The number of fused-ring (bicyclic) bond motifs is 3. The lowest BCUT2D eigenvalue weighted by atomic mass is 10.0. The number of nitrogens with zero attached hydrogens (tertiary/aromatic N) is 2. The molecule has 1 atom stereocenters. The molecule has 0 radical (unpaired) electrons. The molecule has 0 saturated carbocycles. The van der Waals surface area contributed by atoms with Gasteiger partial charge < -0.3 is 14.0 Å². The summed E-state index contributed by atoms with van der Waals surface area (Å²) >= 11 is 0. The van der Waals surface area contributed by atoms with Crippen molar-refractivity contribution >= 4 is 18.0 Å². The molecule has 6 nitrogen and oxygen atoms in total. The maximum absolute atomic E-state index is 14.1. The summed E-state index contributed by atoms with van der Waals surface area (Å²) < 4.78 is 30.0. The highest BCUT2D eigenvalue weighted by molar-refractivity contribution is 7.75. The molecule has 3 aromatic carbocycles. The van der Waals surface area contributed by atoms with Gasteiger partial charge in [0.1, 0.15) is 16.8 Å². The van der Waals surface area contributed by atoms with E-state index < -0.39 is 7.37 Å². The van der Waals surface area contributed by atoms with Gasteiger partial charge in [-0.05, 0) is 29.8 Å². The zero-order chi connectivity index (χ0) is 18.9. The lowest BCUT2D eigenvalue weighted by Gasteiger charge is -2.29. The molecular weight excluding hydrogens is 363 g/mol. The fraction of sp³-hybridized carbons (Fsp3) is 0. The first-order valence-corrected chi connectivity index (χ1v) is 9.55. The van der Waals surface area contributed by atoms with E-state index in [1.54, 1.807) is 36.8 Å². The summed E-state index contributed by atoms with van der Waals surface area (Å²) in [4.78, 5) is 0. The highest BCUT2D eigenvalue weighted by Gasteiger charge is 2.40. The summed E-state index contributed by atoms with van der Waals surface area (Å²) in [5.74, 6) is 0.724. The smallest absolute Gasteiger partial charge is 0.311 e. The summed E-state index contributed by atoms with van der Waals surface area (Å²) in [5.41, 5.74) is 1.60. The Balaban J connectivity index is 2.00. The van der Waals surface area contributed by atoms with Gasteiger partial charge in [0.15, 0.2) is 5.75 Å². The van der Waals surface area contributed by atoms with Crippen LogP contribution in [0.4, 0.5) is 0 Å². The van der Waals surface area contributed by atoms with Crippen LogP contribution in [0.2, 0.25) is 0 Å². The third kappa shape index (κ3) is 2.69. The average Bonchev–Trinajstić information content (AvgIpc) is 2.70. The topological polar surface area (TPSA) is 92.3 Å². The van der Waals surface area contributed by atoms with Gasteiger partial charge in [0.2, 0.25) is 0 Å². The van der Waals surface area contributed by atoms with Crippen LogP contribution >= 0.6 is 7.37 Å². The van der Waals surface area contributed by atoms with Gasteiger partial charge in [0, 0.05) is 11.6 Å². The molecule has 0 saturated heterocycles. The van der Waals surface area contributed by atoms with Gasteiger partial charge in [-0.15, -0.1) is 10.5 Å². The maximum atomic E-state index is 14.1. The van der Waals surface area contributed by atoms with Gasteiger partial charge in [0.05, 0.1) is 5.30 Å². The zero-order valence-corrected chi connectivity index (χ0v) is 14.7. The summed E-state index contributed by atoms with van der Waals surface area (Å²) in [6, 6.07) is 18.8. The first kappa shape index (κ1) is 16.7. The maximum Gasteiger partial charge on any atom is 0.311 e. The summed E-state index contributed by atoms with van der Waals surface area (Å²) in [6.07, 6.45) is 3.17. The highest BCUT2D eigenvalue weighted by atomic mass is 31.2. The average molecular weight is 374 g/mol. The number of hydrogen-bond donors (Lipinski definition) is 0. The van der Waals surface area contributed by atoms with Crippen LogP contribution in [0, 0.1) is 23.0 Å². The molecule has 1 aliphatic heterocycles. The lowest BCUT2D eigenvalue weighted by molar-refractivity contribution is 0.485. The third-order valence-electron chi connectivity index (χ3n) is 4.19. The number of para-hydroxylation sites is 1. The largest absolute Gasteiger partial charge is 0.436 e. The van der Waals surface area contributed by atoms with Crippen molar-refractivity contribution in [2.24, 2.45) is 0 Å². The molecule has 0 aromatic heterocycles. The number of benzene rings is 3. The van der Waals surface area contributed by atoms with Crippen LogP contribution in [-0.2, 0) is 4.57 Å². The minimum atomic E-state index is -3.67. The van der Waals surface area contributed by atoms with Crippen molar-refractivity contribution in [3.05, 3.63) is 66.7 Å². The number of hydrogen-bond acceptors (Lipinski definition) is 6. The van der Waals surface area contributed by atoms with Gasteiger partial charge in [0.25, 0.3) is 12.5 Å². The molecule has 1 aliphatic rings. The van der Waals surface area contributed by atoms with Crippen LogP contribution in [0.1, 0.15) is 0 Å². The van der Waals surface area contributed by atoms with Crippen LogP contribution < -0.4 is 24.6 Å². The number of rotatable bonds is 3. The SMILES string of the molecule is N#COc1ccc(OC#N)c(P2(=O)Oc3ccccc3-c3ccccc32)c1. The molecule has 1 heterocycles. The van der Waals surface area contributed by atoms with Crippen molar-refractivity contribution in [3.8, 4) is 40.9 Å². The molecule has 0 amide bonds. The standard InChI is InChI=1S/C20H11N2O4P/c21-12-24-14-9-10-18(25-13-22)20(11-14)27(23)19-8-4-2-6-16(19)15-5-1-3-7-17(15)26-27/h1-11H. The van der Waals surface area contributed by atoms with E-state index in [0.717, 1.165) is 11.1 Å². The molecular formula is C20H11N2O4P. The molecule has 1 unspecified atom stereocenters. The first-order valence-electron chi connectivity index (χ1n) is 7.92. The molecule has 0 aliphatic carbocycles. The Hall–Kier alpha value is -3.73. The van der Waals surface area contributed by atoms with Crippen molar-refractivity contribution in [3.63, 3.8) is 0 Å². The number of ether oxygens (including phenoxy) is 2. The summed E-state index contributed by atoms with van der Waals surface area (Å²) in [7, 11) is -3.67. The predicted octanol–water partition coefficient (Wildman–Crippen LogP) is 3.69. The van der Waals surface area contributed by atoms with E-state index in [9.17, 15) is 4.57 Å². The van der Waals surface area contributed by atoms with Crippen LogP contribution in [0.3, 0.4) is 0 Å². The van der Waals surface area contributed by atoms with E-state index >= 15 is 0 Å². The highest BCUT2D eigenvalue weighted by Crippen LogP contribution is 2.55. The van der Waals surface area contributed by atoms with E-state index in [-0.39, 0.29) is 16.8 Å². The van der Waals surface area contributed by atoms with Gasteiger partial charge in [-0.3, -0.25) is 4.57 Å². The van der Waals surface area contributed by atoms with E-state index in [4.69, 9.17) is 24.5 Å². The van der Waals surface area contributed by atoms with Crippen LogP contribution in [0.5, 0.6) is 17.2 Å². The zero-order valence-electron chi connectivity index (χ0n) is 13.8. The number of nitriles is 2. The second kappa shape index (κ2) is 6.53. The van der Waals surface area contributed by atoms with Crippen LogP contribution in [0.25, 0.3) is 11.1 Å². The monoisotopic (exact) mass is 374 g/mol. The Morgan fingerprint density at radius 2 is 1.52 bits per heavy atom. The lowest BCUT2D eigenvalue weighted by Crippen LogP contribution is -2.26. The van der Waals surface area contributed by atoms with Gasteiger partial charge in [-0.25, -0.2) is 0 Å². The Labute approximate surface area is 155 Å². The van der Waals surface area contributed by atoms with Crippen molar-refractivity contribution < 1.29 is 18.6 Å². The Morgan fingerprint density at radius 1 is 0.815 bits per heavy atom. The van der Waals surface area contributed by atoms with Crippen LogP contribution in [-0.4, -0.2) is 0 Å². The molecule has 0 bridgehead atoms. The quantitative estimate of drug-likeness (QED) is 0.513.